The zero-order chi connectivity index (χ0) is 11.4. The number of hydrogen-bond donors (Lipinski definition) is 1. The quantitative estimate of drug-likeness (QED) is 0.453. The van der Waals surface area contributed by atoms with Crippen molar-refractivity contribution in [3.63, 3.8) is 0 Å². The van der Waals surface area contributed by atoms with Gasteiger partial charge in [0.15, 0.2) is 11.9 Å². The van der Waals surface area contributed by atoms with Gasteiger partial charge in [-0.15, -0.1) is 0 Å². The van der Waals surface area contributed by atoms with E-state index in [-0.39, 0.29) is 5.56 Å². The van der Waals surface area contributed by atoms with Gasteiger partial charge in [-0.3, -0.25) is 14.9 Å². The molecule has 0 saturated carbocycles. The Morgan fingerprint density at radius 2 is 1.93 bits per heavy atom. The third-order valence-electron chi connectivity index (χ3n) is 2.12. The van der Waals surface area contributed by atoms with E-state index in [0.717, 1.165) is 0 Å². The van der Waals surface area contributed by atoms with Gasteiger partial charge < -0.3 is 5.11 Å². The number of hydrogen-bond acceptors (Lipinski definition) is 4. The highest BCUT2D eigenvalue weighted by Gasteiger charge is 2.31. The Hall–Kier alpha value is -1.75. The minimum atomic E-state index is -1.60. The Labute approximate surface area is 86.5 Å². The van der Waals surface area contributed by atoms with Crippen molar-refractivity contribution in [3.8, 4) is 0 Å². The van der Waals surface area contributed by atoms with Gasteiger partial charge in [0, 0.05) is 17.4 Å². The van der Waals surface area contributed by atoms with Gasteiger partial charge in [-0.1, -0.05) is 30.3 Å². The van der Waals surface area contributed by atoms with Crippen LogP contribution in [-0.4, -0.2) is 28.0 Å². The molecule has 1 aromatic carbocycles. The first-order valence-corrected chi connectivity index (χ1v) is 4.45. The molecule has 0 heterocycles. The lowest BCUT2D eigenvalue weighted by Gasteiger charge is -2.10. The van der Waals surface area contributed by atoms with Gasteiger partial charge in [0.05, 0.1) is 0 Å². The zero-order valence-electron chi connectivity index (χ0n) is 8.16. The number of rotatable bonds is 4. The van der Waals surface area contributed by atoms with Crippen LogP contribution >= 0.6 is 0 Å². The van der Waals surface area contributed by atoms with Crippen molar-refractivity contribution in [2.24, 2.45) is 0 Å². The predicted molar refractivity (Wildman–Crippen MR) is 53.2 cm³/mol. The van der Waals surface area contributed by atoms with Gasteiger partial charge in [-0.05, 0) is 0 Å². The maximum atomic E-state index is 11.5. The van der Waals surface area contributed by atoms with Gasteiger partial charge in [0.2, 0.25) is 6.04 Å². The molecule has 0 radical (unpaired) electrons. The Kier molecular flexibility index (Phi) is 3.51. The third-order valence-corrected chi connectivity index (χ3v) is 2.12. The lowest BCUT2D eigenvalue weighted by molar-refractivity contribution is -0.526. The van der Waals surface area contributed by atoms with Crippen LogP contribution < -0.4 is 0 Å². The van der Waals surface area contributed by atoms with Crippen LogP contribution in [0, 0.1) is 10.1 Å². The first-order chi connectivity index (χ1) is 7.04. The predicted octanol–water partition coefficient (Wildman–Crippen LogP) is 0.895. The van der Waals surface area contributed by atoms with Crippen LogP contribution in [0.1, 0.15) is 17.3 Å². The summed E-state index contributed by atoms with van der Waals surface area (Å²) in [7, 11) is 0. The van der Waals surface area contributed by atoms with Gasteiger partial charge >= 0.3 is 0 Å². The fourth-order valence-corrected chi connectivity index (χ4v) is 1.11. The normalized spacial score (nSPS) is 14.3. The summed E-state index contributed by atoms with van der Waals surface area (Å²) in [5.74, 6) is -0.625. The van der Waals surface area contributed by atoms with Crippen molar-refractivity contribution in [1.82, 2.24) is 0 Å². The van der Waals surface area contributed by atoms with Crippen LogP contribution in [0.25, 0.3) is 0 Å². The number of carbonyl (C=O) groups is 1. The number of Topliss-reactive ketones (excluding diaryl/α,β-unsaturated/α-hetero) is 1. The van der Waals surface area contributed by atoms with E-state index >= 15 is 0 Å². The average Bonchev–Trinajstić information content (AvgIpc) is 2.27. The SMILES string of the molecule is CC(C(O)C(=O)c1ccccc1)[N+](=O)[O-]. The highest BCUT2D eigenvalue weighted by atomic mass is 16.6. The molecule has 1 N–H and O–H groups in total. The Morgan fingerprint density at radius 3 is 2.40 bits per heavy atom. The number of nitrogens with zero attached hydrogens (tertiary/aromatic N) is 1. The van der Waals surface area contributed by atoms with E-state index in [1.807, 2.05) is 0 Å². The number of aliphatic hydroxyl groups is 1. The molecule has 0 aliphatic carbocycles. The lowest BCUT2D eigenvalue weighted by atomic mass is 10.0. The molecule has 1 rings (SSSR count). The lowest BCUT2D eigenvalue weighted by Crippen LogP contribution is -2.37. The van der Waals surface area contributed by atoms with Crippen molar-refractivity contribution >= 4 is 5.78 Å². The standard InChI is InChI=1S/C10H11NO4/c1-7(11(14)15)9(12)10(13)8-5-3-2-4-6-8/h2-7,9,12H,1H3. The summed E-state index contributed by atoms with van der Waals surface area (Å²) in [6, 6.07) is 6.72. The Bertz CT molecular complexity index is 363. The largest absolute Gasteiger partial charge is 0.378 e. The minimum absolute atomic E-state index is 0.277. The highest BCUT2D eigenvalue weighted by molar-refractivity contribution is 5.99. The van der Waals surface area contributed by atoms with Crippen LogP contribution in [0.3, 0.4) is 0 Å². The van der Waals surface area contributed by atoms with Crippen LogP contribution in [0.2, 0.25) is 0 Å². The number of nitro groups is 1. The fourth-order valence-electron chi connectivity index (χ4n) is 1.11. The monoisotopic (exact) mass is 209 g/mol. The minimum Gasteiger partial charge on any atom is -0.378 e. The smallest absolute Gasteiger partial charge is 0.243 e. The van der Waals surface area contributed by atoms with Gasteiger partial charge in [0.1, 0.15) is 0 Å². The molecule has 0 spiro atoms. The van der Waals surface area contributed by atoms with Crippen molar-refractivity contribution in [1.29, 1.82) is 0 Å². The zero-order valence-corrected chi connectivity index (χ0v) is 8.16. The van der Waals surface area contributed by atoms with Gasteiger partial charge in [-0.25, -0.2) is 0 Å². The van der Waals surface area contributed by atoms with E-state index in [0.29, 0.717) is 0 Å². The van der Waals surface area contributed by atoms with Gasteiger partial charge in [0.25, 0.3) is 0 Å². The molecule has 0 fully saturated rings. The number of carbonyl (C=O) groups excluding carboxylic acids is 1. The van der Waals surface area contributed by atoms with E-state index in [1.54, 1.807) is 18.2 Å². The topological polar surface area (TPSA) is 80.4 Å². The van der Waals surface area contributed by atoms with E-state index < -0.39 is 22.9 Å². The average molecular weight is 209 g/mol. The number of aliphatic hydroxyl groups excluding tert-OH is 1. The molecule has 2 atom stereocenters. The van der Waals surface area contributed by atoms with Crippen molar-refractivity contribution in [2.75, 3.05) is 0 Å². The summed E-state index contributed by atoms with van der Waals surface area (Å²) >= 11 is 0. The molecule has 0 saturated heterocycles. The summed E-state index contributed by atoms with van der Waals surface area (Å²) < 4.78 is 0. The molecule has 2 unspecified atom stereocenters. The molecule has 5 heteroatoms. The molecule has 0 amide bonds. The molecule has 15 heavy (non-hydrogen) atoms. The van der Waals surface area contributed by atoms with Crippen molar-refractivity contribution in [2.45, 2.75) is 19.1 Å². The first-order valence-electron chi connectivity index (χ1n) is 4.45. The maximum absolute atomic E-state index is 11.5. The van der Waals surface area contributed by atoms with E-state index in [1.165, 1.54) is 19.1 Å². The number of ketones is 1. The summed E-state index contributed by atoms with van der Waals surface area (Å²) in [4.78, 5) is 21.2. The maximum Gasteiger partial charge on any atom is 0.243 e. The molecule has 1 aromatic rings. The fraction of sp³-hybridized carbons (Fsp3) is 0.300. The van der Waals surface area contributed by atoms with Gasteiger partial charge in [-0.2, -0.15) is 0 Å². The number of benzene rings is 1. The Morgan fingerprint density at radius 1 is 1.40 bits per heavy atom. The Balaban J connectivity index is 2.82. The molecule has 0 aliphatic rings. The van der Waals surface area contributed by atoms with E-state index in [9.17, 15) is 20.0 Å². The third kappa shape index (κ3) is 2.60. The van der Waals surface area contributed by atoms with Crippen LogP contribution in [-0.2, 0) is 0 Å². The first kappa shape index (κ1) is 11.3. The molecule has 5 nitrogen and oxygen atoms in total. The summed E-state index contributed by atoms with van der Waals surface area (Å²) in [6.45, 7) is 1.20. The van der Waals surface area contributed by atoms with Crippen LogP contribution in [0.5, 0.6) is 0 Å². The van der Waals surface area contributed by atoms with Crippen molar-refractivity contribution in [3.05, 3.63) is 46.0 Å². The van der Waals surface area contributed by atoms with Crippen molar-refractivity contribution < 1.29 is 14.8 Å². The second-order valence-corrected chi connectivity index (χ2v) is 3.20. The molecule has 80 valence electrons. The molecule has 0 aromatic heterocycles. The second-order valence-electron chi connectivity index (χ2n) is 3.20. The molecule has 0 bridgehead atoms. The molecule has 0 aliphatic heterocycles. The summed E-state index contributed by atoms with van der Waals surface area (Å²) in [5.41, 5.74) is 0.277. The summed E-state index contributed by atoms with van der Waals surface area (Å²) in [6.07, 6.45) is -1.60. The van der Waals surface area contributed by atoms with Crippen LogP contribution in [0.4, 0.5) is 0 Å². The second kappa shape index (κ2) is 4.65. The van der Waals surface area contributed by atoms with E-state index in [4.69, 9.17) is 0 Å². The molecular weight excluding hydrogens is 198 g/mol. The summed E-state index contributed by atoms with van der Waals surface area (Å²) in [5, 5.41) is 19.8. The van der Waals surface area contributed by atoms with Crippen LogP contribution in [0.15, 0.2) is 30.3 Å². The molecular formula is C10H11NO4. The van der Waals surface area contributed by atoms with E-state index in [2.05, 4.69) is 0 Å². The highest BCUT2D eigenvalue weighted by Crippen LogP contribution is 2.07.